The maximum absolute atomic E-state index is 2.33. The standard InChI is InChI=1S/C12H26N.H2O/c1-3-5-6-10-13(9-4-2)11-7-8-12-13;/h3-12H2,1-2H3;1H2/q+1;/p-1. The molecule has 14 heavy (non-hydrogen) atoms. The van der Waals surface area contributed by atoms with Crippen LogP contribution in [0.4, 0.5) is 0 Å². The Kier molecular flexibility index (Phi) is 7.20. The van der Waals surface area contributed by atoms with E-state index in [4.69, 9.17) is 0 Å². The molecule has 0 saturated carbocycles. The highest BCUT2D eigenvalue weighted by Crippen LogP contribution is 2.21. The van der Waals surface area contributed by atoms with Gasteiger partial charge < -0.3 is 9.96 Å². The lowest BCUT2D eigenvalue weighted by Gasteiger charge is -2.34. The van der Waals surface area contributed by atoms with Crippen molar-refractivity contribution in [2.75, 3.05) is 26.2 Å². The molecule has 0 atom stereocenters. The van der Waals surface area contributed by atoms with Crippen LogP contribution in [0, 0.1) is 0 Å². The van der Waals surface area contributed by atoms with Crippen LogP contribution in [-0.2, 0) is 0 Å². The predicted octanol–water partition coefficient (Wildman–Crippen LogP) is 3.02. The molecule has 1 saturated heterocycles. The van der Waals surface area contributed by atoms with E-state index in [-0.39, 0.29) is 5.48 Å². The van der Waals surface area contributed by atoms with Gasteiger partial charge in [0.15, 0.2) is 0 Å². The van der Waals surface area contributed by atoms with Gasteiger partial charge in [0.25, 0.3) is 0 Å². The largest absolute Gasteiger partial charge is 0.870 e. The lowest BCUT2D eigenvalue weighted by molar-refractivity contribution is -0.917. The minimum atomic E-state index is 0. The molecule has 0 aromatic rings. The maximum atomic E-state index is 2.33. The van der Waals surface area contributed by atoms with E-state index in [9.17, 15) is 0 Å². The molecule has 1 aliphatic rings. The van der Waals surface area contributed by atoms with Crippen LogP contribution in [0.1, 0.15) is 52.4 Å². The molecule has 0 bridgehead atoms. The van der Waals surface area contributed by atoms with Gasteiger partial charge in [0.05, 0.1) is 26.2 Å². The summed E-state index contributed by atoms with van der Waals surface area (Å²) in [6.45, 7) is 10.5. The first-order valence-corrected chi connectivity index (χ1v) is 6.18. The number of nitrogens with zero attached hydrogens (tertiary/aromatic N) is 1. The third-order valence-corrected chi connectivity index (χ3v) is 3.45. The summed E-state index contributed by atoms with van der Waals surface area (Å²) in [5.41, 5.74) is 0. The van der Waals surface area contributed by atoms with Gasteiger partial charge in [-0.25, -0.2) is 0 Å². The zero-order valence-corrected chi connectivity index (χ0v) is 9.97. The van der Waals surface area contributed by atoms with E-state index in [1.807, 2.05) is 0 Å². The fraction of sp³-hybridized carbons (Fsp3) is 1.00. The average molecular weight is 201 g/mol. The van der Waals surface area contributed by atoms with E-state index in [2.05, 4.69) is 13.8 Å². The molecule has 1 aliphatic heterocycles. The smallest absolute Gasteiger partial charge is 0.0788 e. The van der Waals surface area contributed by atoms with Crippen molar-refractivity contribution in [3.8, 4) is 0 Å². The summed E-state index contributed by atoms with van der Waals surface area (Å²) in [5.74, 6) is 0. The number of quaternary nitrogens is 1. The number of likely N-dealkylation sites (tertiary alicyclic amines) is 1. The number of rotatable bonds is 6. The second kappa shape index (κ2) is 7.24. The lowest BCUT2D eigenvalue weighted by Crippen LogP contribution is -2.46. The van der Waals surface area contributed by atoms with Gasteiger partial charge in [-0.15, -0.1) is 0 Å². The molecule has 2 nitrogen and oxygen atoms in total. The summed E-state index contributed by atoms with van der Waals surface area (Å²) in [6.07, 6.45) is 8.58. The van der Waals surface area contributed by atoms with E-state index in [1.54, 1.807) is 0 Å². The summed E-state index contributed by atoms with van der Waals surface area (Å²) < 4.78 is 1.45. The first-order valence-electron chi connectivity index (χ1n) is 6.18. The van der Waals surface area contributed by atoms with Gasteiger partial charge in [-0.3, -0.25) is 0 Å². The van der Waals surface area contributed by atoms with E-state index >= 15 is 0 Å². The number of unbranched alkanes of at least 4 members (excludes halogenated alkanes) is 2. The molecule has 0 unspecified atom stereocenters. The van der Waals surface area contributed by atoms with Gasteiger partial charge >= 0.3 is 0 Å². The maximum Gasteiger partial charge on any atom is 0.0788 e. The minimum Gasteiger partial charge on any atom is -0.870 e. The molecule has 0 amide bonds. The highest BCUT2D eigenvalue weighted by atomic mass is 16.0. The lowest BCUT2D eigenvalue weighted by atomic mass is 10.2. The number of hydrogen-bond donors (Lipinski definition) is 0. The van der Waals surface area contributed by atoms with Crippen LogP contribution in [-0.4, -0.2) is 36.1 Å². The predicted molar refractivity (Wildman–Crippen MR) is 60.7 cm³/mol. The Morgan fingerprint density at radius 1 is 0.857 bits per heavy atom. The molecule has 0 aromatic heterocycles. The van der Waals surface area contributed by atoms with Crippen LogP contribution in [0.3, 0.4) is 0 Å². The van der Waals surface area contributed by atoms with Crippen molar-refractivity contribution in [2.45, 2.75) is 52.4 Å². The van der Waals surface area contributed by atoms with Gasteiger partial charge in [-0.2, -0.15) is 0 Å². The topological polar surface area (TPSA) is 30.0 Å². The molecular formula is C12H27NO. The SMILES string of the molecule is CCCCC[N+]1(CCC)CCCC1.[OH-]. The molecule has 0 radical (unpaired) electrons. The van der Waals surface area contributed by atoms with Crippen LogP contribution in [0.25, 0.3) is 0 Å². The van der Waals surface area contributed by atoms with Gasteiger partial charge in [-0.05, 0) is 19.3 Å². The van der Waals surface area contributed by atoms with Crippen molar-refractivity contribution in [3.05, 3.63) is 0 Å². The minimum absolute atomic E-state index is 0. The van der Waals surface area contributed by atoms with Gasteiger partial charge in [0, 0.05) is 12.8 Å². The summed E-state index contributed by atoms with van der Waals surface area (Å²) in [4.78, 5) is 0. The Morgan fingerprint density at radius 3 is 2.00 bits per heavy atom. The molecule has 1 fully saturated rings. The second-order valence-electron chi connectivity index (χ2n) is 4.65. The molecular weight excluding hydrogens is 174 g/mol. The van der Waals surface area contributed by atoms with Crippen molar-refractivity contribution < 1.29 is 9.96 Å². The van der Waals surface area contributed by atoms with E-state index in [0.29, 0.717) is 0 Å². The monoisotopic (exact) mass is 201 g/mol. The summed E-state index contributed by atoms with van der Waals surface area (Å²) in [7, 11) is 0. The van der Waals surface area contributed by atoms with Crippen LogP contribution < -0.4 is 0 Å². The van der Waals surface area contributed by atoms with E-state index in [1.165, 1.54) is 69.2 Å². The molecule has 0 spiro atoms. The van der Waals surface area contributed by atoms with Crippen molar-refractivity contribution in [1.82, 2.24) is 0 Å². The van der Waals surface area contributed by atoms with Crippen molar-refractivity contribution in [3.63, 3.8) is 0 Å². The molecule has 1 N–H and O–H groups in total. The van der Waals surface area contributed by atoms with Gasteiger partial charge in [0.1, 0.15) is 0 Å². The van der Waals surface area contributed by atoms with Gasteiger partial charge in [-0.1, -0.05) is 20.3 Å². The van der Waals surface area contributed by atoms with Crippen LogP contribution in [0.15, 0.2) is 0 Å². The third-order valence-electron chi connectivity index (χ3n) is 3.45. The Bertz CT molecular complexity index is 130. The molecule has 2 heteroatoms. The normalized spacial score (nSPS) is 19.3. The van der Waals surface area contributed by atoms with Crippen LogP contribution >= 0.6 is 0 Å². The fourth-order valence-electron chi connectivity index (χ4n) is 2.74. The molecule has 86 valence electrons. The highest BCUT2D eigenvalue weighted by molar-refractivity contribution is 4.55. The van der Waals surface area contributed by atoms with E-state index < -0.39 is 0 Å². The van der Waals surface area contributed by atoms with Crippen LogP contribution in [0.2, 0.25) is 0 Å². The fourth-order valence-corrected chi connectivity index (χ4v) is 2.74. The summed E-state index contributed by atoms with van der Waals surface area (Å²) in [6, 6.07) is 0. The molecule has 1 heterocycles. The highest BCUT2D eigenvalue weighted by Gasteiger charge is 2.29. The zero-order valence-electron chi connectivity index (χ0n) is 9.97. The Hall–Kier alpha value is -0.0800. The molecule has 1 rings (SSSR count). The summed E-state index contributed by atoms with van der Waals surface area (Å²) >= 11 is 0. The van der Waals surface area contributed by atoms with E-state index in [0.717, 1.165) is 0 Å². The van der Waals surface area contributed by atoms with Crippen molar-refractivity contribution in [2.24, 2.45) is 0 Å². The second-order valence-corrected chi connectivity index (χ2v) is 4.65. The Labute approximate surface area is 89.2 Å². The quantitative estimate of drug-likeness (QED) is 0.480. The van der Waals surface area contributed by atoms with Crippen molar-refractivity contribution >= 4 is 0 Å². The third kappa shape index (κ3) is 3.97. The first kappa shape index (κ1) is 13.9. The Balaban J connectivity index is 0.00000169. The summed E-state index contributed by atoms with van der Waals surface area (Å²) in [5, 5.41) is 0. The molecule has 0 aromatic carbocycles. The van der Waals surface area contributed by atoms with Crippen molar-refractivity contribution in [1.29, 1.82) is 0 Å². The first-order chi connectivity index (χ1) is 6.33. The van der Waals surface area contributed by atoms with Gasteiger partial charge in [0.2, 0.25) is 0 Å². The number of hydrogen-bond acceptors (Lipinski definition) is 1. The Morgan fingerprint density at radius 2 is 1.50 bits per heavy atom. The molecule has 0 aliphatic carbocycles. The van der Waals surface area contributed by atoms with Crippen LogP contribution in [0.5, 0.6) is 0 Å². The zero-order chi connectivity index (χ0) is 9.57. The average Bonchev–Trinajstić information content (AvgIpc) is 2.55.